The van der Waals surface area contributed by atoms with E-state index in [0.29, 0.717) is 23.8 Å². The molecule has 2 N–H and O–H groups in total. The maximum Gasteiger partial charge on any atom is 0.341 e. The van der Waals surface area contributed by atoms with Crippen molar-refractivity contribution in [3.05, 3.63) is 62.7 Å². The van der Waals surface area contributed by atoms with Crippen LogP contribution < -0.4 is 10.6 Å². The van der Waals surface area contributed by atoms with E-state index in [9.17, 15) is 4.79 Å². The predicted octanol–water partition coefficient (Wildman–Crippen LogP) is 5.62. The van der Waals surface area contributed by atoms with Gasteiger partial charge in [-0.05, 0) is 84.0 Å². The van der Waals surface area contributed by atoms with E-state index < -0.39 is 0 Å². The van der Waals surface area contributed by atoms with Gasteiger partial charge in [-0.2, -0.15) is 5.10 Å². The van der Waals surface area contributed by atoms with E-state index in [2.05, 4.69) is 31.7 Å². The second kappa shape index (κ2) is 9.93. The van der Waals surface area contributed by atoms with Gasteiger partial charge in [0, 0.05) is 16.8 Å². The minimum absolute atomic E-state index is 0.278. The molecule has 0 amide bonds. The SMILES string of the molecule is CCOC(=O)c1c(NC(=S)Nc2cccc(Cn3cc(Br)cn3)c2)sc2c1CCCC2. The van der Waals surface area contributed by atoms with Crippen LogP contribution in [0, 0.1) is 0 Å². The number of carbonyl (C=O) groups excluding carboxylic acids is 1. The number of thiophene rings is 1. The molecular weight excluding hydrogens is 496 g/mol. The monoisotopic (exact) mass is 518 g/mol. The minimum Gasteiger partial charge on any atom is -0.462 e. The maximum absolute atomic E-state index is 12.6. The molecule has 0 saturated carbocycles. The van der Waals surface area contributed by atoms with E-state index in [4.69, 9.17) is 17.0 Å². The van der Waals surface area contributed by atoms with Gasteiger partial charge in [-0.25, -0.2) is 4.79 Å². The van der Waals surface area contributed by atoms with Gasteiger partial charge in [0.25, 0.3) is 0 Å². The fourth-order valence-corrected chi connectivity index (χ4v) is 5.59. The molecule has 0 unspecified atom stereocenters. The Morgan fingerprint density at radius 3 is 2.94 bits per heavy atom. The highest BCUT2D eigenvalue weighted by Crippen LogP contribution is 2.38. The van der Waals surface area contributed by atoms with Crippen molar-refractivity contribution in [1.29, 1.82) is 0 Å². The average molecular weight is 519 g/mol. The van der Waals surface area contributed by atoms with Crippen molar-refractivity contribution in [1.82, 2.24) is 9.78 Å². The Bertz CT molecular complexity index is 1110. The molecule has 0 saturated heterocycles. The number of ether oxygens (including phenoxy) is 1. The number of esters is 1. The van der Waals surface area contributed by atoms with Crippen molar-refractivity contribution < 1.29 is 9.53 Å². The fraction of sp³-hybridized carbons (Fsp3) is 0.318. The molecule has 31 heavy (non-hydrogen) atoms. The Labute approximate surface area is 199 Å². The fourth-order valence-electron chi connectivity index (χ4n) is 3.70. The smallest absolute Gasteiger partial charge is 0.341 e. The highest BCUT2D eigenvalue weighted by molar-refractivity contribution is 9.10. The van der Waals surface area contributed by atoms with Gasteiger partial charge in [0.1, 0.15) is 5.00 Å². The molecule has 9 heteroatoms. The van der Waals surface area contributed by atoms with E-state index >= 15 is 0 Å². The number of halogens is 1. The molecule has 0 fully saturated rings. The van der Waals surface area contributed by atoms with Gasteiger partial charge in [0.2, 0.25) is 0 Å². The number of anilines is 2. The molecule has 2 heterocycles. The van der Waals surface area contributed by atoms with Crippen LogP contribution in [0.15, 0.2) is 41.1 Å². The van der Waals surface area contributed by atoms with Crippen molar-refractivity contribution in [3.63, 3.8) is 0 Å². The second-order valence-electron chi connectivity index (χ2n) is 7.27. The molecular formula is C22H23BrN4O2S2. The highest BCUT2D eigenvalue weighted by Gasteiger charge is 2.26. The molecule has 3 aromatic rings. The van der Waals surface area contributed by atoms with Crippen molar-refractivity contribution in [2.24, 2.45) is 0 Å². The Morgan fingerprint density at radius 1 is 1.32 bits per heavy atom. The van der Waals surface area contributed by atoms with Crippen molar-refractivity contribution in [2.75, 3.05) is 17.2 Å². The summed E-state index contributed by atoms with van der Waals surface area (Å²) >= 11 is 10.6. The normalized spacial score (nSPS) is 12.8. The lowest BCUT2D eigenvalue weighted by molar-refractivity contribution is 0.0526. The largest absolute Gasteiger partial charge is 0.462 e. The van der Waals surface area contributed by atoms with Gasteiger partial charge in [-0.3, -0.25) is 4.68 Å². The zero-order chi connectivity index (χ0) is 21.8. The van der Waals surface area contributed by atoms with Gasteiger partial charge in [0.15, 0.2) is 5.11 Å². The number of hydrogen-bond donors (Lipinski definition) is 2. The first-order valence-corrected chi connectivity index (χ1v) is 12.2. The van der Waals surface area contributed by atoms with Gasteiger partial charge >= 0.3 is 5.97 Å². The van der Waals surface area contributed by atoms with Crippen LogP contribution in [-0.2, 0) is 24.1 Å². The molecule has 6 nitrogen and oxygen atoms in total. The van der Waals surface area contributed by atoms with Crippen LogP contribution in [-0.4, -0.2) is 27.5 Å². The first-order chi connectivity index (χ1) is 15.0. The second-order valence-corrected chi connectivity index (χ2v) is 9.70. The molecule has 0 spiro atoms. The third kappa shape index (κ3) is 5.34. The molecule has 2 aromatic heterocycles. The summed E-state index contributed by atoms with van der Waals surface area (Å²) in [5.41, 5.74) is 3.73. The molecule has 0 aliphatic heterocycles. The summed E-state index contributed by atoms with van der Waals surface area (Å²) in [5, 5.41) is 12.0. The van der Waals surface area contributed by atoms with Crippen LogP contribution >= 0.6 is 39.5 Å². The zero-order valence-corrected chi connectivity index (χ0v) is 20.3. The van der Waals surface area contributed by atoms with Gasteiger partial charge < -0.3 is 15.4 Å². The van der Waals surface area contributed by atoms with E-state index in [1.54, 1.807) is 17.5 Å². The topological polar surface area (TPSA) is 68.2 Å². The average Bonchev–Trinajstić information content (AvgIpc) is 3.30. The number of aromatic nitrogens is 2. The Morgan fingerprint density at radius 2 is 2.16 bits per heavy atom. The molecule has 4 rings (SSSR count). The van der Waals surface area contributed by atoms with Gasteiger partial charge in [-0.1, -0.05) is 12.1 Å². The number of nitrogens with one attached hydrogen (secondary N) is 2. The van der Waals surface area contributed by atoms with E-state index in [1.165, 1.54) is 4.88 Å². The summed E-state index contributed by atoms with van der Waals surface area (Å²) in [5.74, 6) is -0.278. The first-order valence-electron chi connectivity index (χ1n) is 10.2. The summed E-state index contributed by atoms with van der Waals surface area (Å²) in [7, 11) is 0. The quantitative estimate of drug-likeness (QED) is 0.326. The summed E-state index contributed by atoms with van der Waals surface area (Å²) in [6, 6.07) is 8.02. The van der Waals surface area contributed by atoms with Gasteiger partial charge in [-0.15, -0.1) is 11.3 Å². The summed E-state index contributed by atoms with van der Waals surface area (Å²) in [6.45, 7) is 2.84. The minimum atomic E-state index is -0.278. The lowest BCUT2D eigenvalue weighted by atomic mass is 9.95. The molecule has 1 aliphatic rings. The Balaban J connectivity index is 1.48. The molecule has 162 valence electrons. The van der Waals surface area contributed by atoms with Crippen molar-refractivity contribution in [3.8, 4) is 0 Å². The lowest BCUT2D eigenvalue weighted by Gasteiger charge is -2.13. The Hall–Kier alpha value is -2.23. The number of benzene rings is 1. The number of aryl methyl sites for hydroxylation is 1. The lowest BCUT2D eigenvalue weighted by Crippen LogP contribution is -2.20. The molecule has 0 atom stereocenters. The van der Waals surface area contributed by atoms with Crippen LogP contribution in [0.4, 0.5) is 10.7 Å². The predicted molar refractivity (Wildman–Crippen MR) is 132 cm³/mol. The molecule has 0 radical (unpaired) electrons. The van der Waals surface area contributed by atoms with E-state index in [0.717, 1.165) is 52.0 Å². The van der Waals surface area contributed by atoms with Crippen LogP contribution in [0.2, 0.25) is 0 Å². The number of fused-ring (bicyclic) bond motifs is 1. The van der Waals surface area contributed by atoms with Crippen LogP contribution in [0.5, 0.6) is 0 Å². The number of hydrogen-bond acceptors (Lipinski definition) is 5. The molecule has 0 bridgehead atoms. The standard InChI is InChI=1S/C22H23BrN4O2S2/c1-2-29-21(28)19-17-8-3-4-9-18(17)31-20(19)26-22(30)25-16-7-5-6-14(10-16)12-27-13-15(23)11-24-27/h5-7,10-11,13H,2-4,8-9,12H2,1H3,(H2,25,26,30). The third-order valence-electron chi connectivity index (χ3n) is 5.01. The number of thiocarbonyl (C=S) groups is 1. The summed E-state index contributed by atoms with van der Waals surface area (Å²) in [4.78, 5) is 13.9. The van der Waals surface area contributed by atoms with Crippen LogP contribution in [0.25, 0.3) is 0 Å². The maximum atomic E-state index is 12.6. The van der Waals surface area contributed by atoms with E-state index in [1.807, 2.05) is 42.1 Å². The van der Waals surface area contributed by atoms with Gasteiger partial charge in [0.05, 0.1) is 29.4 Å². The first kappa shape index (κ1) is 22.0. The molecule has 1 aromatic carbocycles. The number of carbonyl (C=O) groups is 1. The number of nitrogens with zero attached hydrogens (tertiary/aromatic N) is 2. The summed E-state index contributed by atoms with van der Waals surface area (Å²) in [6.07, 6.45) is 7.85. The Kier molecular flexibility index (Phi) is 7.04. The van der Waals surface area contributed by atoms with Crippen LogP contribution in [0.1, 0.15) is 46.1 Å². The van der Waals surface area contributed by atoms with E-state index in [-0.39, 0.29) is 5.97 Å². The highest BCUT2D eigenvalue weighted by atomic mass is 79.9. The summed E-state index contributed by atoms with van der Waals surface area (Å²) < 4.78 is 8.13. The van der Waals surface area contributed by atoms with Crippen LogP contribution in [0.3, 0.4) is 0 Å². The van der Waals surface area contributed by atoms with Crippen molar-refractivity contribution in [2.45, 2.75) is 39.2 Å². The number of rotatable bonds is 6. The van der Waals surface area contributed by atoms with Crippen molar-refractivity contribution >= 4 is 61.3 Å². The molecule has 1 aliphatic carbocycles. The third-order valence-corrected chi connectivity index (χ3v) is 6.83. The zero-order valence-electron chi connectivity index (χ0n) is 17.1.